The van der Waals surface area contributed by atoms with Crippen LogP contribution in [0.3, 0.4) is 0 Å². The maximum absolute atomic E-state index is 10.9. The van der Waals surface area contributed by atoms with Gasteiger partial charge in [0.15, 0.2) is 11.5 Å². The smallest absolute Gasteiger partial charge is 0.407 e. The van der Waals surface area contributed by atoms with Gasteiger partial charge in [-0.3, -0.25) is 0 Å². The first-order chi connectivity index (χ1) is 9.70. The number of rotatable bonds is 5. The van der Waals surface area contributed by atoms with Gasteiger partial charge in [-0.05, 0) is 19.1 Å². The highest BCUT2D eigenvalue weighted by Gasteiger charge is 2.24. The number of carbonyl (C=O) groups is 1. The molecule has 110 valence electrons. The fourth-order valence-electron chi connectivity index (χ4n) is 2.02. The van der Waals surface area contributed by atoms with Crippen molar-refractivity contribution in [3.63, 3.8) is 0 Å². The van der Waals surface area contributed by atoms with Gasteiger partial charge in [-0.15, -0.1) is 0 Å². The third-order valence-electron chi connectivity index (χ3n) is 2.98. The SMILES string of the molecule is CCOc1ccccc1OC[C@@H]1CN(C(=O)O)CCO1. The summed E-state index contributed by atoms with van der Waals surface area (Å²) < 4.78 is 16.7. The van der Waals surface area contributed by atoms with Crippen LogP contribution in [0.2, 0.25) is 0 Å². The Balaban J connectivity index is 1.90. The largest absolute Gasteiger partial charge is 0.490 e. The zero-order chi connectivity index (χ0) is 14.4. The minimum Gasteiger partial charge on any atom is -0.490 e. The molecule has 0 radical (unpaired) electrons. The molecule has 1 atom stereocenters. The van der Waals surface area contributed by atoms with Crippen LogP contribution in [0.5, 0.6) is 11.5 Å². The van der Waals surface area contributed by atoms with Crippen molar-refractivity contribution in [2.24, 2.45) is 0 Å². The molecule has 0 spiro atoms. The molecule has 6 heteroatoms. The molecule has 1 saturated heterocycles. The molecule has 0 bridgehead atoms. The molecular weight excluding hydrogens is 262 g/mol. The second-order valence-electron chi connectivity index (χ2n) is 4.41. The molecule has 1 heterocycles. The predicted octanol–water partition coefficient (Wildman–Crippen LogP) is 1.84. The molecule has 2 rings (SSSR count). The van der Waals surface area contributed by atoms with Crippen molar-refractivity contribution in [2.45, 2.75) is 13.0 Å². The lowest BCUT2D eigenvalue weighted by Gasteiger charge is -2.30. The maximum Gasteiger partial charge on any atom is 0.407 e. The van der Waals surface area contributed by atoms with Crippen LogP contribution in [-0.4, -0.2) is 55.1 Å². The summed E-state index contributed by atoms with van der Waals surface area (Å²) >= 11 is 0. The zero-order valence-electron chi connectivity index (χ0n) is 11.4. The number of ether oxygens (including phenoxy) is 3. The van der Waals surface area contributed by atoms with E-state index in [4.69, 9.17) is 19.3 Å². The molecule has 0 aromatic heterocycles. The molecule has 0 aliphatic carbocycles. The lowest BCUT2D eigenvalue weighted by molar-refractivity contribution is -0.0415. The number of morpholine rings is 1. The van der Waals surface area contributed by atoms with Crippen LogP contribution in [0.15, 0.2) is 24.3 Å². The average Bonchev–Trinajstić information content (AvgIpc) is 2.47. The van der Waals surface area contributed by atoms with Gasteiger partial charge in [-0.25, -0.2) is 4.79 Å². The van der Waals surface area contributed by atoms with E-state index in [0.717, 1.165) is 0 Å². The van der Waals surface area contributed by atoms with Gasteiger partial charge in [-0.1, -0.05) is 12.1 Å². The lowest BCUT2D eigenvalue weighted by atomic mass is 10.3. The number of carboxylic acid groups (broad SMARTS) is 1. The third kappa shape index (κ3) is 3.77. The van der Waals surface area contributed by atoms with Crippen LogP contribution < -0.4 is 9.47 Å². The maximum atomic E-state index is 10.9. The summed E-state index contributed by atoms with van der Waals surface area (Å²) in [4.78, 5) is 12.3. The van der Waals surface area contributed by atoms with Crippen molar-refractivity contribution in [1.82, 2.24) is 4.90 Å². The van der Waals surface area contributed by atoms with E-state index in [2.05, 4.69) is 0 Å². The van der Waals surface area contributed by atoms with E-state index in [1.165, 1.54) is 4.90 Å². The summed E-state index contributed by atoms with van der Waals surface area (Å²) in [6, 6.07) is 7.40. The molecule has 20 heavy (non-hydrogen) atoms. The summed E-state index contributed by atoms with van der Waals surface area (Å²) in [5.41, 5.74) is 0. The van der Waals surface area contributed by atoms with Crippen LogP contribution in [0.4, 0.5) is 4.79 Å². The third-order valence-corrected chi connectivity index (χ3v) is 2.98. The van der Waals surface area contributed by atoms with E-state index in [1.54, 1.807) is 0 Å². The van der Waals surface area contributed by atoms with Gasteiger partial charge in [0.25, 0.3) is 0 Å². The van der Waals surface area contributed by atoms with E-state index < -0.39 is 6.09 Å². The van der Waals surface area contributed by atoms with E-state index in [-0.39, 0.29) is 6.10 Å². The Morgan fingerprint density at radius 2 is 2.10 bits per heavy atom. The molecule has 1 fully saturated rings. The molecule has 6 nitrogen and oxygen atoms in total. The predicted molar refractivity (Wildman–Crippen MR) is 72.4 cm³/mol. The minimum absolute atomic E-state index is 0.255. The Labute approximate surface area is 117 Å². The van der Waals surface area contributed by atoms with E-state index in [9.17, 15) is 4.79 Å². The Bertz CT molecular complexity index is 451. The molecule has 1 aliphatic rings. The van der Waals surface area contributed by atoms with Crippen molar-refractivity contribution in [1.29, 1.82) is 0 Å². The first-order valence-electron chi connectivity index (χ1n) is 6.64. The molecule has 1 N–H and O–H groups in total. The van der Waals surface area contributed by atoms with Gasteiger partial charge in [0.2, 0.25) is 0 Å². The topological polar surface area (TPSA) is 68.2 Å². The summed E-state index contributed by atoms with van der Waals surface area (Å²) in [6.45, 7) is 3.90. The van der Waals surface area contributed by atoms with E-state index >= 15 is 0 Å². The summed E-state index contributed by atoms with van der Waals surface area (Å²) in [6.07, 6.45) is -1.18. The molecule has 1 aromatic rings. The monoisotopic (exact) mass is 281 g/mol. The first kappa shape index (κ1) is 14.5. The summed E-state index contributed by atoms with van der Waals surface area (Å²) in [5, 5.41) is 8.96. The Kier molecular flexibility index (Phi) is 5.06. The normalized spacial score (nSPS) is 18.6. The molecule has 0 unspecified atom stereocenters. The standard InChI is InChI=1S/C14H19NO5/c1-2-18-12-5-3-4-6-13(12)20-10-11-9-15(14(16)17)7-8-19-11/h3-6,11H,2,7-10H2,1H3,(H,16,17)/t11-/m0/s1. The second kappa shape index (κ2) is 7.00. The number of nitrogens with zero attached hydrogens (tertiary/aromatic N) is 1. The van der Waals surface area contributed by atoms with Crippen molar-refractivity contribution in [3.05, 3.63) is 24.3 Å². The highest BCUT2D eigenvalue weighted by atomic mass is 16.5. The second-order valence-corrected chi connectivity index (χ2v) is 4.41. The summed E-state index contributed by atoms with van der Waals surface area (Å²) in [7, 11) is 0. The molecule has 1 amide bonds. The van der Waals surface area contributed by atoms with E-state index in [1.807, 2.05) is 31.2 Å². The van der Waals surface area contributed by atoms with Crippen LogP contribution in [0.1, 0.15) is 6.92 Å². The van der Waals surface area contributed by atoms with Crippen molar-refractivity contribution >= 4 is 6.09 Å². The fraction of sp³-hybridized carbons (Fsp3) is 0.500. The van der Waals surface area contributed by atoms with Crippen LogP contribution in [0.25, 0.3) is 0 Å². The first-order valence-corrected chi connectivity index (χ1v) is 6.64. The molecule has 1 aromatic carbocycles. The number of para-hydroxylation sites is 2. The van der Waals surface area contributed by atoms with E-state index in [0.29, 0.717) is 44.4 Å². The zero-order valence-corrected chi connectivity index (χ0v) is 11.4. The van der Waals surface area contributed by atoms with Crippen molar-refractivity contribution < 1.29 is 24.1 Å². The Morgan fingerprint density at radius 1 is 1.40 bits per heavy atom. The van der Waals surface area contributed by atoms with Crippen molar-refractivity contribution in [2.75, 3.05) is 32.9 Å². The lowest BCUT2D eigenvalue weighted by Crippen LogP contribution is -2.47. The van der Waals surface area contributed by atoms with Crippen LogP contribution in [-0.2, 0) is 4.74 Å². The number of benzene rings is 1. The Hall–Kier alpha value is -1.95. The average molecular weight is 281 g/mol. The molecular formula is C14H19NO5. The van der Waals surface area contributed by atoms with Gasteiger partial charge in [0, 0.05) is 6.54 Å². The van der Waals surface area contributed by atoms with Crippen LogP contribution >= 0.6 is 0 Å². The van der Waals surface area contributed by atoms with Crippen molar-refractivity contribution in [3.8, 4) is 11.5 Å². The molecule has 0 saturated carbocycles. The Morgan fingerprint density at radius 3 is 2.75 bits per heavy atom. The fourth-order valence-corrected chi connectivity index (χ4v) is 2.02. The van der Waals surface area contributed by atoms with Gasteiger partial charge in [0.05, 0.1) is 19.8 Å². The quantitative estimate of drug-likeness (QED) is 0.892. The highest BCUT2D eigenvalue weighted by molar-refractivity contribution is 5.65. The number of amides is 1. The molecule has 1 aliphatic heterocycles. The summed E-state index contributed by atoms with van der Waals surface area (Å²) in [5.74, 6) is 1.33. The number of hydrogen-bond donors (Lipinski definition) is 1. The van der Waals surface area contributed by atoms with Gasteiger partial charge in [0.1, 0.15) is 12.7 Å². The van der Waals surface area contributed by atoms with Crippen LogP contribution in [0, 0.1) is 0 Å². The highest BCUT2D eigenvalue weighted by Crippen LogP contribution is 2.26. The number of hydrogen-bond acceptors (Lipinski definition) is 4. The van der Waals surface area contributed by atoms with Gasteiger partial charge in [-0.2, -0.15) is 0 Å². The van der Waals surface area contributed by atoms with Gasteiger partial charge >= 0.3 is 6.09 Å². The minimum atomic E-state index is -0.923. The van der Waals surface area contributed by atoms with Gasteiger partial charge < -0.3 is 24.2 Å².